The zero-order valence-electron chi connectivity index (χ0n) is 13.4. The Morgan fingerprint density at radius 2 is 1.90 bits per heavy atom. The van der Waals surface area contributed by atoms with Gasteiger partial charge < -0.3 is 5.32 Å². The fourth-order valence-electron chi connectivity index (χ4n) is 3.29. The minimum atomic E-state index is -0.231. The van der Waals surface area contributed by atoms with Crippen molar-refractivity contribution in [1.29, 1.82) is 0 Å². The van der Waals surface area contributed by atoms with Crippen LogP contribution in [0, 0.1) is 11.7 Å². The van der Waals surface area contributed by atoms with Gasteiger partial charge in [0.25, 0.3) is 0 Å². The second-order valence-electron chi connectivity index (χ2n) is 7.28. The predicted molar refractivity (Wildman–Crippen MR) is 88.5 cm³/mol. The Morgan fingerprint density at radius 1 is 1.24 bits per heavy atom. The first kappa shape index (κ1) is 16.8. The van der Waals surface area contributed by atoms with Crippen LogP contribution in [0.5, 0.6) is 0 Å². The monoisotopic (exact) mass is 311 g/mol. The molecule has 21 heavy (non-hydrogen) atoms. The first-order chi connectivity index (χ1) is 9.88. The van der Waals surface area contributed by atoms with Crippen LogP contribution >= 0.6 is 11.6 Å². The number of hydrogen-bond acceptors (Lipinski definition) is 1. The van der Waals surface area contributed by atoms with Crippen LogP contribution in [0.15, 0.2) is 18.2 Å². The minimum absolute atomic E-state index is 0.0436. The van der Waals surface area contributed by atoms with Gasteiger partial charge in [-0.15, -0.1) is 0 Å². The third-order valence-electron chi connectivity index (χ3n) is 4.45. The Labute approximate surface area is 133 Å². The van der Waals surface area contributed by atoms with Gasteiger partial charge in [-0.25, -0.2) is 4.39 Å². The molecule has 1 aliphatic carbocycles. The molecule has 0 radical (unpaired) electrons. The van der Waals surface area contributed by atoms with E-state index in [-0.39, 0.29) is 22.3 Å². The van der Waals surface area contributed by atoms with E-state index in [4.69, 9.17) is 11.6 Å². The van der Waals surface area contributed by atoms with E-state index < -0.39 is 0 Å². The van der Waals surface area contributed by atoms with E-state index in [0.29, 0.717) is 5.92 Å². The van der Waals surface area contributed by atoms with Crippen molar-refractivity contribution in [3.63, 3.8) is 0 Å². The van der Waals surface area contributed by atoms with Crippen LogP contribution in [0.3, 0.4) is 0 Å². The Morgan fingerprint density at radius 3 is 2.52 bits per heavy atom. The maximum absolute atomic E-state index is 14.5. The fraction of sp³-hybridized carbons (Fsp3) is 0.667. The highest BCUT2D eigenvalue weighted by Gasteiger charge is 2.28. The van der Waals surface area contributed by atoms with Gasteiger partial charge in [0.2, 0.25) is 0 Å². The second-order valence-corrected chi connectivity index (χ2v) is 7.69. The van der Waals surface area contributed by atoms with Gasteiger partial charge in [0, 0.05) is 18.0 Å². The Kier molecular flexibility index (Phi) is 5.67. The van der Waals surface area contributed by atoms with Gasteiger partial charge >= 0.3 is 0 Å². The van der Waals surface area contributed by atoms with Crippen molar-refractivity contribution in [2.75, 3.05) is 6.54 Å². The van der Waals surface area contributed by atoms with Gasteiger partial charge in [0.1, 0.15) is 5.82 Å². The molecular weight excluding hydrogens is 285 g/mol. The van der Waals surface area contributed by atoms with Gasteiger partial charge in [-0.2, -0.15) is 0 Å². The molecule has 0 bridgehead atoms. The molecule has 0 saturated heterocycles. The van der Waals surface area contributed by atoms with Gasteiger partial charge in [-0.1, -0.05) is 43.0 Å². The molecular formula is C18H27ClFN. The molecule has 1 unspecified atom stereocenters. The third kappa shape index (κ3) is 4.69. The topological polar surface area (TPSA) is 12.0 Å². The van der Waals surface area contributed by atoms with Gasteiger partial charge in [0.15, 0.2) is 0 Å². The lowest BCUT2D eigenvalue weighted by Gasteiger charge is -2.33. The highest BCUT2D eigenvalue weighted by Crippen LogP contribution is 2.38. The summed E-state index contributed by atoms with van der Waals surface area (Å²) in [7, 11) is 0. The van der Waals surface area contributed by atoms with Crippen molar-refractivity contribution in [3.05, 3.63) is 34.6 Å². The number of nitrogens with one attached hydrogen (secondary N) is 1. The standard InChI is InChI=1S/C18H27ClFN/c1-18(2,3)21-12-15(13-8-5-4-6-9-13)14-10-7-11-16(19)17(14)20/h7,10-11,13,15,21H,4-6,8-9,12H2,1-3H3. The molecule has 1 atom stereocenters. The van der Waals surface area contributed by atoms with E-state index in [2.05, 4.69) is 26.1 Å². The van der Waals surface area contributed by atoms with Crippen molar-refractivity contribution < 1.29 is 4.39 Å². The van der Waals surface area contributed by atoms with Crippen LogP contribution in [0.25, 0.3) is 0 Å². The maximum atomic E-state index is 14.5. The molecule has 3 heteroatoms. The van der Waals surface area contributed by atoms with Crippen molar-refractivity contribution in [2.24, 2.45) is 5.92 Å². The highest BCUT2D eigenvalue weighted by atomic mass is 35.5. The van der Waals surface area contributed by atoms with E-state index in [1.807, 2.05) is 12.1 Å². The molecule has 0 spiro atoms. The summed E-state index contributed by atoms with van der Waals surface area (Å²) in [5.74, 6) is 0.537. The van der Waals surface area contributed by atoms with Crippen LogP contribution in [0.1, 0.15) is 64.4 Å². The molecule has 1 fully saturated rings. The summed E-state index contributed by atoms with van der Waals surface area (Å²) in [5.41, 5.74) is 0.827. The lowest BCUT2D eigenvalue weighted by Crippen LogP contribution is -2.40. The minimum Gasteiger partial charge on any atom is -0.311 e. The number of halogens is 2. The lowest BCUT2D eigenvalue weighted by molar-refractivity contribution is 0.275. The summed E-state index contributed by atoms with van der Waals surface area (Å²) >= 11 is 5.99. The quantitative estimate of drug-likeness (QED) is 0.770. The second kappa shape index (κ2) is 7.11. The zero-order chi connectivity index (χ0) is 15.5. The molecule has 0 heterocycles. The fourth-order valence-corrected chi connectivity index (χ4v) is 3.47. The van der Waals surface area contributed by atoms with E-state index in [1.165, 1.54) is 32.1 Å². The third-order valence-corrected chi connectivity index (χ3v) is 4.74. The molecule has 1 aromatic carbocycles. The van der Waals surface area contributed by atoms with E-state index in [0.717, 1.165) is 12.1 Å². The van der Waals surface area contributed by atoms with Crippen molar-refractivity contribution in [3.8, 4) is 0 Å². The summed E-state index contributed by atoms with van der Waals surface area (Å²) < 4.78 is 14.5. The van der Waals surface area contributed by atoms with E-state index >= 15 is 0 Å². The Balaban J connectivity index is 2.23. The lowest BCUT2D eigenvalue weighted by atomic mass is 9.76. The molecule has 1 aliphatic rings. The van der Waals surface area contributed by atoms with E-state index in [9.17, 15) is 4.39 Å². The van der Waals surface area contributed by atoms with Crippen LogP contribution in [0.2, 0.25) is 5.02 Å². The van der Waals surface area contributed by atoms with Crippen molar-refractivity contribution in [2.45, 2.75) is 64.3 Å². The van der Waals surface area contributed by atoms with Gasteiger partial charge in [-0.3, -0.25) is 0 Å². The summed E-state index contributed by atoms with van der Waals surface area (Å²) in [4.78, 5) is 0. The first-order valence-corrected chi connectivity index (χ1v) is 8.45. The largest absolute Gasteiger partial charge is 0.311 e. The van der Waals surface area contributed by atoms with Crippen molar-refractivity contribution >= 4 is 11.6 Å². The summed E-state index contributed by atoms with van der Waals surface area (Å²) in [6, 6.07) is 5.41. The van der Waals surface area contributed by atoms with Crippen molar-refractivity contribution in [1.82, 2.24) is 5.32 Å². The van der Waals surface area contributed by atoms with Crippen LogP contribution in [0.4, 0.5) is 4.39 Å². The summed E-state index contributed by atoms with van der Waals surface area (Å²) in [6.45, 7) is 7.27. The number of rotatable bonds is 4. The SMILES string of the molecule is CC(C)(C)NCC(c1cccc(Cl)c1F)C1CCCCC1. The number of hydrogen-bond donors (Lipinski definition) is 1. The molecule has 0 aromatic heterocycles. The summed E-state index contributed by atoms with van der Waals surface area (Å²) in [5, 5.41) is 3.79. The number of benzene rings is 1. The zero-order valence-corrected chi connectivity index (χ0v) is 14.1. The normalized spacial score (nSPS) is 18.7. The molecule has 0 aliphatic heterocycles. The smallest absolute Gasteiger partial charge is 0.145 e. The summed E-state index contributed by atoms with van der Waals surface area (Å²) in [6.07, 6.45) is 6.23. The van der Waals surface area contributed by atoms with Crippen LogP contribution in [-0.4, -0.2) is 12.1 Å². The first-order valence-electron chi connectivity index (χ1n) is 8.07. The Hall–Kier alpha value is -0.600. The molecule has 1 nitrogen and oxygen atoms in total. The molecule has 1 saturated carbocycles. The molecule has 2 rings (SSSR count). The Bertz CT molecular complexity index is 461. The van der Waals surface area contributed by atoms with Gasteiger partial charge in [0.05, 0.1) is 5.02 Å². The molecule has 118 valence electrons. The molecule has 0 amide bonds. The van der Waals surface area contributed by atoms with Crippen LogP contribution < -0.4 is 5.32 Å². The van der Waals surface area contributed by atoms with Crippen LogP contribution in [-0.2, 0) is 0 Å². The predicted octanol–water partition coefficient (Wildman–Crippen LogP) is 5.53. The average Bonchev–Trinajstić information content (AvgIpc) is 2.43. The highest BCUT2D eigenvalue weighted by molar-refractivity contribution is 6.30. The average molecular weight is 312 g/mol. The molecule has 1 aromatic rings. The van der Waals surface area contributed by atoms with E-state index in [1.54, 1.807) is 6.07 Å². The maximum Gasteiger partial charge on any atom is 0.145 e. The van der Waals surface area contributed by atoms with Gasteiger partial charge in [-0.05, 0) is 51.2 Å². The molecule has 1 N–H and O–H groups in total.